The Morgan fingerprint density at radius 1 is 1.47 bits per heavy atom. The second-order valence-corrected chi connectivity index (χ2v) is 3.84. The molecule has 88 valence electrons. The maximum absolute atomic E-state index is 11.1. The maximum atomic E-state index is 11.1. The molecule has 0 aliphatic rings. The fourth-order valence-electron chi connectivity index (χ4n) is 1.74. The molecule has 5 nitrogen and oxygen atoms in total. The lowest BCUT2D eigenvalue weighted by atomic mass is 10.1. The van der Waals surface area contributed by atoms with E-state index in [-0.39, 0.29) is 11.3 Å². The van der Waals surface area contributed by atoms with E-state index in [0.29, 0.717) is 12.1 Å². The first-order valence-electron chi connectivity index (χ1n) is 5.18. The first-order chi connectivity index (χ1) is 8.08. The summed E-state index contributed by atoms with van der Waals surface area (Å²) in [6, 6.07) is 6.94. The Bertz CT molecular complexity index is 561. The third-order valence-electron chi connectivity index (χ3n) is 2.50. The number of carboxylic acid groups (broad SMARTS) is 1. The van der Waals surface area contributed by atoms with Gasteiger partial charge < -0.3 is 10.8 Å². The lowest BCUT2D eigenvalue weighted by Crippen LogP contribution is -2.10. The highest BCUT2D eigenvalue weighted by atomic mass is 16.4. The van der Waals surface area contributed by atoms with E-state index < -0.39 is 5.97 Å². The van der Waals surface area contributed by atoms with Gasteiger partial charge in [-0.2, -0.15) is 5.10 Å². The van der Waals surface area contributed by atoms with Crippen LogP contribution in [0.4, 0.5) is 5.69 Å². The van der Waals surface area contributed by atoms with Crippen LogP contribution in [0.3, 0.4) is 0 Å². The van der Waals surface area contributed by atoms with Crippen LogP contribution in [0, 0.1) is 6.92 Å². The van der Waals surface area contributed by atoms with Crippen LogP contribution in [-0.4, -0.2) is 20.9 Å². The molecular formula is C12H13N3O2. The van der Waals surface area contributed by atoms with Crippen molar-refractivity contribution in [2.45, 2.75) is 13.5 Å². The summed E-state index contributed by atoms with van der Waals surface area (Å²) in [7, 11) is 0. The van der Waals surface area contributed by atoms with Crippen molar-refractivity contribution in [1.29, 1.82) is 0 Å². The third-order valence-corrected chi connectivity index (χ3v) is 2.50. The fraction of sp³-hybridized carbons (Fsp3) is 0.167. The number of nitrogen functional groups attached to an aromatic ring is 1. The number of aromatic carboxylic acids is 1. The van der Waals surface area contributed by atoms with Gasteiger partial charge in [-0.3, -0.25) is 4.68 Å². The van der Waals surface area contributed by atoms with Gasteiger partial charge in [-0.05, 0) is 24.6 Å². The van der Waals surface area contributed by atoms with E-state index in [2.05, 4.69) is 5.10 Å². The van der Waals surface area contributed by atoms with Gasteiger partial charge in [-0.1, -0.05) is 12.1 Å². The van der Waals surface area contributed by atoms with Crippen molar-refractivity contribution < 1.29 is 9.90 Å². The van der Waals surface area contributed by atoms with Crippen LogP contribution >= 0.6 is 0 Å². The number of hydrogen-bond donors (Lipinski definition) is 2. The Morgan fingerprint density at radius 2 is 2.24 bits per heavy atom. The summed E-state index contributed by atoms with van der Waals surface area (Å²) in [5, 5.41) is 13.3. The van der Waals surface area contributed by atoms with Crippen molar-refractivity contribution in [1.82, 2.24) is 9.78 Å². The SMILES string of the molecule is Cc1ccn(Cc2cccc(N)c2C(=O)O)n1. The van der Waals surface area contributed by atoms with Crippen LogP contribution in [0.25, 0.3) is 0 Å². The molecule has 2 aromatic rings. The van der Waals surface area contributed by atoms with E-state index in [0.717, 1.165) is 5.69 Å². The molecule has 0 fully saturated rings. The molecule has 0 spiro atoms. The number of anilines is 1. The summed E-state index contributed by atoms with van der Waals surface area (Å²) in [5.41, 5.74) is 7.65. The van der Waals surface area contributed by atoms with Crippen molar-refractivity contribution in [3.63, 3.8) is 0 Å². The lowest BCUT2D eigenvalue weighted by Gasteiger charge is -2.08. The summed E-state index contributed by atoms with van der Waals surface area (Å²) in [5.74, 6) is -1.01. The number of benzene rings is 1. The molecule has 1 aromatic carbocycles. The highest BCUT2D eigenvalue weighted by molar-refractivity contribution is 5.95. The molecule has 0 atom stereocenters. The molecule has 0 aliphatic carbocycles. The second-order valence-electron chi connectivity index (χ2n) is 3.84. The summed E-state index contributed by atoms with van der Waals surface area (Å²) in [6.07, 6.45) is 1.81. The highest BCUT2D eigenvalue weighted by Crippen LogP contribution is 2.18. The van der Waals surface area contributed by atoms with Crippen LogP contribution in [0.15, 0.2) is 30.5 Å². The van der Waals surface area contributed by atoms with Crippen molar-refractivity contribution in [2.24, 2.45) is 0 Å². The Balaban J connectivity index is 2.39. The third kappa shape index (κ3) is 2.28. The van der Waals surface area contributed by atoms with Crippen molar-refractivity contribution >= 4 is 11.7 Å². The summed E-state index contributed by atoms with van der Waals surface area (Å²) < 4.78 is 1.69. The molecule has 0 amide bonds. The van der Waals surface area contributed by atoms with Gasteiger partial charge in [0.15, 0.2) is 0 Å². The van der Waals surface area contributed by atoms with Crippen molar-refractivity contribution in [3.05, 3.63) is 47.3 Å². The van der Waals surface area contributed by atoms with Gasteiger partial charge in [0.25, 0.3) is 0 Å². The van der Waals surface area contributed by atoms with Gasteiger partial charge >= 0.3 is 5.97 Å². The zero-order valence-corrected chi connectivity index (χ0v) is 9.42. The maximum Gasteiger partial charge on any atom is 0.338 e. The number of aryl methyl sites for hydroxylation is 1. The first-order valence-corrected chi connectivity index (χ1v) is 5.18. The van der Waals surface area contributed by atoms with Crippen LogP contribution in [0.2, 0.25) is 0 Å². The predicted molar refractivity (Wildman–Crippen MR) is 63.9 cm³/mol. The Morgan fingerprint density at radius 3 is 2.82 bits per heavy atom. The van der Waals surface area contributed by atoms with Crippen molar-refractivity contribution in [2.75, 3.05) is 5.73 Å². The number of aromatic nitrogens is 2. The Kier molecular flexibility index (Phi) is 2.82. The van der Waals surface area contributed by atoms with Gasteiger partial charge in [-0.25, -0.2) is 4.79 Å². The fourth-order valence-corrected chi connectivity index (χ4v) is 1.74. The number of hydrogen-bond acceptors (Lipinski definition) is 3. The van der Waals surface area contributed by atoms with Gasteiger partial charge in [0, 0.05) is 11.9 Å². The molecule has 0 aliphatic heterocycles. The smallest absolute Gasteiger partial charge is 0.338 e. The topological polar surface area (TPSA) is 81.1 Å². The largest absolute Gasteiger partial charge is 0.478 e. The van der Waals surface area contributed by atoms with E-state index in [1.807, 2.05) is 19.2 Å². The summed E-state index contributed by atoms with van der Waals surface area (Å²) in [6.45, 7) is 2.29. The molecule has 17 heavy (non-hydrogen) atoms. The molecule has 0 saturated heterocycles. The molecule has 5 heteroatoms. The van der Waals surface area contributed by atoms with E-state index in [9.17, 15) is 4.79 Å². The van der Waals surface area contributed by atoms with Crippen LogP contribution < -0.4 is 5.73 Å². The average Bonchev–Trinajstić information content (AvgIpc) is 2.63. The minimum Gasteiger partial charge on any atom is -0.478 e. The second kappa shape index (κ2) is 4.29. The zero-order chi connectivity index (χ0) is 12.4. The van der Waals surface area contributed by atoms with E-state index in [4.69, 9.17) is 10.8 Å². The molecule has 2 rings (SSSR count). The van der Waals surface area contributed by atoms with Crippen LogP contribution in [-0.2, 0) is 6.54 Å². The molecule has 0 saturated carbocycles. The normalized spacial score (nSPS) is 10.4. The summed E-state index contributed by atoms with van der Waals surface area (Å²) in [4.78, 5) is 11.1. The molecule has 0 radical (unpaired) electrons. The van der Waals surface area contributed by atoms with Gasteiger partial charge in [-0.15, -0.1) is 0 Å². The molecule has 0 unspecified atom stereocenters. The van der Waals surface area contributed by atoms with Crippen LogP contribution in [0.5, 0.6) is 0 Å². The molecule has 0 bridgehead atoms. The number of carbonyl (C=O) groups is 1. The van der Waals surface area contributed by atoms with E-state index in [1.54, 1.807) is 22.9 Å². The quantitative estimate of drug-likeness (QED) is 0.785. The van der Waals surface area contributed by atoms with Gasteiger partial charge in [0.2, 0.25) is 0 Å². The van der Waals surface area contributed by atoms with Gasteiger partial charge in [0.1, 0.15) is 0 Å². The number of nitrogens with zero attached hydrogens (tertiary/aromatic N) is 2. The van der Waals surface area contributed by atoms with E-state index >= 15 is 0 Å². The minimum atomic E-state index is -1.01. The molecule has 3 N–H and O–H groups in total. The lowest BCUT2D eigenvalue weighted by molar-refractivity contribution is 0.0696. The zero-order valence-electron chi connectivity index (χ0n) is 9.42. The Hall–Kier alpha value is -2.30. The van der Waals surface area contributed by atoms with Gasteiger partial charge in [0.05, 0.1) is 17.8 Å². The monoisotopic (exact) mass is 231 g/mol. The summed E-state index contributed by atoms with van der Waals surface area (Å²) >= 11 is 0. The number of carboxylic acids is 1. The minimum absolute atomic E-state index is 0.153. The van der Waals surface area contributed by atoms with Crippen LogP contribution in [0.1, 0.15) is 21.6 Å². The number of rotatable bonds is 3. The number of nitrogens with two attached hydrogens (primary N) is 1. The first kappa shape index (κ1) is 11.2. The standard InChI is InChI=1S/C12H13N3O2/c1-8-5-6-15(14-8)7-9-3-2-4-10(13)11(9)12(16)17/h2-6H,7,13H2,1H3,(H,16,17). The Labute approximate surface area is 98.5 Å². The molecule has 1 aromatic heterocycles. The molecular weight excluding hydrogens is 218 g/mol. The van der Waals surface area contributed by atoms with E-state index in [1.165, 1.54) is 0 Å². The highest BCUT2D eigenvalue weighted by Gasteiger charge is 2.13. The molecule has 1 heterocycles. The average molecular weight is 231 g/mol. The van der Waals surface area contributed by atoms with Crippen molar-refractivity contribution in [3.8, 4) is 0 Å². The predicted octanol–water partition coefficient (Wildman–Crippen LogP) is 1.52.